The second kappa shape index (κ2) is 3.21. The van der Waals surface area contributed by atoms with Crippen LogP contribution in [0.3, 0.4) is 0 Å². The van der Waals surface area contributed by atoms with Crippen LogP contribution in [0.25, 0.3) is 0 Å². The summed E-state index contributed by atoms with van der Waals surface area (Å²) in [6, 6.07) is 3.38. The summed E-state index contributed by atoms with van der Waals surface area (Å²) >= 11 is 0. The van der Waals surface area contributed by atoms with Gasteiger partial charge in [-0.25, -0.2) is 4.98 Å². The molecule has 0 fully saturated rings. The number of methoxy groups -OCH3 is 1. The summed E-state index contributed by atoms with van der Waals surface area (Å²) in [5.41, 5.74) is 6.74. The number of amidine groups is 1. The number of pyridine rings is 1. The monoisotopic (exact) mass is 165 g/mol. The van der Waals surface area contributed by atoms with E-state index in [9.17, 15) is 0 Å². The highest BCUT2D eigenvalue weighted by Crippen LogP contribution is 2.10. The molecule has 0 amide bonds. The molecular formula is C8H11N3O. The van der Waals surface area contributed by atoms with Gasteiger partial charge in [0.25, 0.3) is 0 Å². The summed E-state index contributed by atoms with van der Waals surface area (Å²) in [5, 5.41) is 7.20. The molecule has 1 aromatic rings. The Morgan fingerprint density at radius 1 is 1.58 bits per heavy atom. The van der Waals surface area contributed by atoms with Crippen LogP contribution in [0.2, 0.25) is 0 Å². The van der Waals surface area contributed by atoms with Gasteiger partial charge < -0.3 is 10.5 Å². The molecule has 3 N–H and O–H groups in total. The Bertz CT molecular complexity index is 309. The normalized spacial score (nSPS) is 9.50. The van der Waals surface area contributed by atoms with E-state index in [0.717, 1.165) is 5.69 Å². The van der Waals surface area contributed by atoms with E-state index < -0.39 is 0 Å². The second-order valence-electron chi connectivity index (χ2n) is 2.45. The Morgan fingerprint density at radius 3 is 2.75 bits per heavy atom. The molecular weight excluding hydrogens is 154 g/mol. The van der Waals surface area contributed by atoms with Crippen LogP contribution in [0.15, 0.2) is 12.1 Å². The first kappa shape index (κ1) is 8.52. The minimum atomic E-state index is 0.0267. The molecule has 0 aromatic carbocycles. The predicted molar refractivity (Wildman–Crippen MR) is 46.5 cm³/mol. The number of aryl methyl sites for hydroxylation is 1. The van der Waals surface area contributed by atoms with Crippen molar-refractivity contribution in [2.75, 3.05) is 7.11 Å². The third-order valence-corrected chi connectivity index (χ3v) is 1.45. The molecule has 4 heteroatoms. The Morgan fingerprint density at radius 2 is 2.25 bits per heavy atom. The number of rotatable bonds is 2. The van der Waals surface area contributed by atoms with Crippen LogP contribution in [0, 0.1) is 12.3 Å². The van der Waals surface area contributed by atoms with Gasteiger partial charge in [0.15, 0.2) is 0 Å². The molecule has 12 heavy (non-hydrogen) atoms. The Hall–Kier alpha value is -1.58. The average molecular weight is 165 g/mol. The fourth-order valence-corrected chi connectivity index (χ4v) is 0.898. The minimum Gasteiger partial charge on any atom is -0.481 e. The number of nitrogens with zero attached hydrogens (tertiary/aromatic N) is 1. The predicted octanol–water partition coefficient (Wildman–Crippen LogP) is 0.683. The molecule has 0 atom stereocenters. The second-order valence-corrected chi connectivity index (χ2v) is 2.45. The van der Waals surface area contributed by atoms with Gasteiger partial charge in [0.1, 0.15) is 5.84 Å². The number of nitrogen functional groups attached to an aromatic ring is 1. The van der Waals surface area contributed by atoms with Gasteiger partial charge in [-0.1, -0.05) is 0 Å². The number of nitrogens with two attached hydrogens (primary N) is 1. The first-order chi connectivity index (χ1) is 5.63. The summed E-state index contributed by atoms with van der Waals surface area (Å²) in [5.74, 6) is 0.513. The number of ether oxygens (including phenoxy) is 1. The maximum absolute atomic E-state index is 7.20. The summed E-state index contributed by atoms with van der Waals surface area (Å²) in [6.07, 6.45) is 0. The first-order valence-electron chi connectivity index (χ1n) is 3.50. The van der Waals surface area contributed by atoms with Gasteiger partial charge in [0.05, 0.1) is 7.11 Å². The van der Waals surface area contributed by atoms with Crippen LogP contribution in [-0.4, -0.2) is 17.9 Å². The van der Waals surface area contributed by atoms with E-state index in [-0.39, 0.29) is 5.84 Å². The van der Waals surface area contributed by atoms with Crippen LogP contribution >= 0.6 is 0 Å². The van der Waals surface area contributed by atoms with Gasteiger partial charge in [0.2, 0.25) is 5.88 Å². The molecule has 1 heterocycles. The van der Waals surface area contributed by atoms with Gasteiger partial charge in [-0.15, -0.1) is 0 Å². The maximum atomic E-state index is 7.20. The molecule has 0 aliphatic heterocycles. The number of aromatic nitrogens is 1. The highest BCUT2D eigenvalue weighted by molar-refractivity contribution is 5.95. The molecule has 0 aliphatic rings. The van der Waals surface area contributed by atoms with Crippen LogP contribution < -0.4 is 10.5 Å². The van der Waals surface area contributed by atoms with Crippen molar-refractivity contribution >= 4 is 5.84 Å². The van der Waals surface area contributed by atoms with Crippen molar-refractivity contribution in [3.8, 4) is 5.88 Å². The zero-order valence-electron chi connectivity index (χ0n) is 7.09. The minimum absolute atomic E-state index is 0.0267. The van der Waals surface area contributed by atoms with Crippen molar-refractivity contribution in [2.24, 2.45) is 5.73 Å². The molecule has 0 aliphatic carbocycles. The third kappa shape index (κ3) is 1.72. The molecule has 0 saturated carbocycles. The van der Waals surface area contributed by atoms with Crippen molar-refractivity contribution in [1.29, 1.82) is 5.41 Å². The molecule has 0 spiro atoms. The van der Waals surface area contributed by atoms with E-state index in [1.54, 1.807) is 12.1 Å². The van der Waals surface area contributed by atoms with Gasteiger partial charge >= 0.3 is 0 Å². The van der Waals surface area contributed by atoms with Gasteiger partial charge in [-0.3, -0.25) is 5.41 Å². The molecule has 64 valence electrons. The highest BCUT2D eigenvalue weighted by Gasteiger charge is 2.01. The largest absolute Gasteiger partial charge is 0.481 e. The zero-order chi connectivity index (χ0) is 9.14. The standard InChI is InChI=1S/C8H11N3O/c1-5-3-6(8(9)10)4-7(11-5)12-2/h3-4H,1-2H3,(H3,9,10). The molecule has 0 bridgehead atoms. The van der Waals surface area contributed by atoms with Crippen molar-refractivity contribution < 1.29 is 4.74 Å². The summed E-state index contributed by atoms with van der Waals surface area (Å²) < 4.78 is 4.92. The van der Waals surface area contributed by atoms with Crippen molar-refractivity contribution in [1.82, 2.24) is 4.98 Å². The lowest BCUT2D eigenvalue weighted by molar-refractivity contribution is 0.397. The Labute approximate surface area is 70.9 Å². The lowest BCUT2D eigenvalue weighted by atomic mass is 10.2. The summed E-state index contributed by atoms with van der Waals surface area (Å²) in [7, 11) is 1.53. The Balaban J connectivity index is 3.15. The molecule has 4 nitrogen and oxygen atoms in total. The van der Waals surface area contributed by atoms with Gasteiger partial charge in [0, 0.05) is 17.3 Å². The van der Waals surface area contributed by atoms with Crippen molar-refractivity contribution in [3.05, 3.63) is 23.4 Å². The van der Waals surface area contributed by atoms with Gasteiger partial charge in [-0.05, 0) is 13.0 Å². The van der Waals surface area contributed by atoms with E-state index in [0.29, 0.717) is 11.4 Å². The van der Waals surface area contributed by atoms with Crippen LogP contribution in [0.1, 0.15) is 11.3 Å². The SMILES string of the molecule is COc1cc(C(=N)N)cc(C)n1. The molecule has 0 radical (unpaired) electrons. The molecule has 1 aromatic heterocycles. The van der Waals surface area contributed by atoms with Crippen molar-refractivity contribution in [3.63, 3.8) is 0 Å². The van der Waals surface area contributed by atoms with Gasteiger partial charge in [-0.2, -0.15) is 0 Å². The average Bonchev–Trinajstić information content (AvgIpc) is 2.03. The van der Waals surface area contributed by atoms with E-state index in [4.69, 9.17) is 15.9 Å². The van der Waals surface area contributed by atoms with E-state index >= 15 is 0 Å². The molecule has 0 unspecified atom stereocenters. The van der Waals surface area contributed by atoms with E-state index in [1.165, 1.54) is 7.11 Å². The summed E-state index contributed by atoms with van der Waals surface area (Å²) in [4.78, 5) is 4.06. The van der Waals surface area contributed by atoms with Crippen LogP contribution in [0.4, 0.5) is 0 Å². The number of hydrogen-bond donors (Lipinski definition) is 2. The zero-order valence-corrected chi connectivity index (χ0v) is 7.09. The fourth-order valence-electron chi connectivity index (χ4n) is 0.898. The topological polar surface area (TPSA) is 72.0 Å². The van der Waals surface area contributed by atoms with Crippen LogP contribution in [-0.2, 0) is 0 Å². The lowest BCUT2D eigenvalue weighted by Gasteiger charge is -2.03. The number of hydrogen-bond acceptors (Lipinski definition) is 3. The fraction of sp³-hybridized carbons (Fsp3) is 0.250. The third-order valence-electron chi connectivity index (χ3n) is 1.45. The van der Waals surface area contributed by atoms with E-state index in [1.807, 2.05) is 6.92 Å². The lowest BCUT2D eigenvalue weighted by Crippen LogP contribution is -2.11. The molecule has 0 saturated heterocycles. The maximum Gasteiger partial charge on any atom is 0.213 e. The van der Waals surface area contributed by atoms with E-state index in [2.05, 4.69) is 4.98 Å². The quantitative estimate of drug-likeness (QED) is 0.500. The smallest absolute Gasteiger partial charge is 0.213 e. The Kier molecular flexibility index (Phi) is 2.28. The van der Waals surface area contributed by atoms with Crippen molar-refractivity contribution in [2.45, 2.75) is 6.92 Å². The highest BCUT2D eigenvalue weighted by atomic mass is 16.5. The first-order valence-corrected chi connectivity index (χ1v) is 3.50. The molecule has 1 rings (SSSR count). The summed E-state index contributed by atoms with van der Waals surface area (Å²) in [6.45, 7) is 1.83. The number of nitrogens with one attached hydrogen (secondary N) is 1. The van der Waals surface area contributed by atoms with Crippen LogP contribution in [0.5, 0.6) is 5.88 Å².